The van der Waals surface area contributed by atoms with Gasteiger partial charge in [-0.25, -0.2) is 4.98 Å². The van der Waals surface area contributed by atoms with Gasteiger partial charge in [-0.1, -0.05) is 36.4 Å². The van der Waals surface area contributed by atoms with Crippen LogP contribution < -0.4 is 0 Å². The van der Waals surface area contributed by atoms with Crippen molar-refractivity contribution >= 4 is 28.5 Å². The zero-order valence-corrected chi connectivity index (χ0v) is 10.7. The van der Waals surface area contributed by atoms with E-state index in [1.54, 1.807) is 6.08 Å². The Kier molecular flexibility index (Phi) is 2.33. The standard InChI is InChI=1S/C17H11NO2/c19-15-9-11-5-1-2-6-12(11)13(15)10-17-18-14-7-3-4-8-16(14)20-17/h1-8,10H,9H2/b13-10+. The van der Waals surface area contributed by atoms with Crippen LogP contribution >= 0.6 is 0 Å². The fourth-order valence-corrected chi connectivity index (χ4v) is 2.59. The molecule has 4 rings (SSSR count). The van der Waals surface area contributed by atoms with Gasteiger partial charge in [-0.2, -0.15) is 0 Å². The van der Waals surface area contributed by atoms with E-state index in [2.05, 4.69) is 4.98 Å². The summed E-state index contributed by atoms with van der Waals surface area (Å²) in [6, 6.07) is 15.4. The highest BCUT2D eigenvalue weighted by Crippen LogP contribution is 2.31. The molecular formula is C17H11NO2. The van der Waals surface area contributed by atoms with Crippen LogP contribution in [0.1, 0.15) is 17.0 Å². The number of aromatic nitrogens is 1. The number of allylic oxidation sites excluding steroid dienone is 1. The van der Waals surface area contributed by atoms with Crippen LogP contribution in [0.5, 0.6) is 0 Å². The maximum Gasteiger partial charge on any atom is 0.220 e. The highest BCUT2D eigenvalue weighted by Gasteiger charge is 2.24. The lowest BCUT2D eigenvalue weighted by Gasteiger charge is -1.97. The zero-order valence-electron chi connectivity index (χ0n) is 10.7. The average Bonchev–Trinajstić information content (AvgIpc) is 3.00. The summed E-state index contributed by atoms with van der Waals surface area (Å²) in [5.41, 5.74) is 4.28. The minimum Gasteiger partial charge on any atom is -0.437 e. The Balaban J connectivity index is 1.85. The van der Waals surface area contributed by atoms with Gasteiger partial charge in [0, 0.05) is 18.1 Å². The van der Waals surface area contributed by atoms with Gasteiger partial charge in [0.05, 0.1) is 0 Å². The van der Waals surface area contributed by atoms with Crippen LogP contribution in [0.4, 0.5) is 0 Å². The molecule has 1 aliphatic rings. The van der Waals surface area contributed by atoms with Crippen LogP contribution in [0.2, 0.25) is 0 Å². The summed E-state index contributed by atoms with van der Waals surface area (Å²) in [4.78, 5) is 16.5. The minimum absolute atomic E-state index is 0.119. The van der Waals surface area contributed by atoms with Gasteiger partial charge in [-0.15, -0.1) is 0 Å². The molecule has 2 aromatic carbocycles. The Morgan fingerprint density at radius 3 is 2.75 bits per heavy atom. The van der Waals surface area contributed by atoms with E-state index in [0.29, 0.717) is 17.9 Å². The number of fused-ring (bicyclic) bond motifs is 2. The molecule has 0 amide bonds. The topological polar surface area (TPSA) is 43.1 Å². The molecule has 0 spiro atoms. The van der Waals surface area contributed by atoms with Gasteiger partial charge in [-0.05, 0) is 23.3 Å². The van der Waals surface area contributed by atoms with E-state index < -0.39 is 0 Å². The maximum atomic E-state index is 12.1. The zero-order chi connectivity index (χ0) is 13.5. The quantitative estimate of drug-likeness (QED) is 0.630. The maximum absolute atomic E-state index is 12.1. The lowest BCUT2D eigenvalue weighted by atomic mass is 10.1. The fourth-order valence-electron chi connectivity index (χ4n) is 2.59. The summed E-state index contributed by atoms with van der Waals surface area (Å²) in [5.74, 6) is 0.597. The van der Waals surface area contributed by atoms with E-state index in [-0.39, 0.29) is 5.78 Å². The number of benzene rings is 2. The summed E-state index contributed by atoms with van der Waals surface area (Å²) < 4.78 is 5.65. The molecule has 96 valence electrons. The number of hydrogen-bond acceptors (Lipinski definition) is 3. The molecule has 3 aromatic rings. The van der Waals surface area contributed by atoms with E-state index in [0.717, 1.165) is 22.2 Å². The van der Waals surface area contributed by atoms with Gasteiger partial charge in [0.2, 0.25) is 5.89 Å². The van der Waals surface area contributed by atoms with Crippen LogP contribution in [-0.4, -0.2) is 10.8 Å². The van der Waals surface area contributed by atoms with Crippen molar-refractivity contribution in [3.8, 4) is 0 Å². The Hall–Kier alpha value is -2.68. The molecular weight excluding hydrogens is 250 g/mol. The number of carbonyl (C=O) groups excluding carboxylic acids is 1. The number of para-hydroxylation sites is 2. The van der Waals surface area contributed by atoms with E-state index in [1.165, 1.54) is 0 Å². The monoisotopic (exact) mass is 261 g/mol. The second kappa shape index (κ2) is 4.17. The number of nitrogens with zero attached hydrogens (tertiary/aromatic N) is 1. The minimum atomic E-state index is 0.119. The third kappa shape index (κ3) is 1.67. The highest BCUT2D eigenvalue weighted by molar-refractivity contribution is 6.29. The van der Waals surface area contributed by atoms with Gasteiger partial charge in [0.25, 0.3) is 0 Å². The molecule has 0 fully saturated rings. The van der Waals surface area contributed by atoms with E-state index in [4.69, 9.17) is 4.42 Å². The van der Waals surface area contributed by atoms with Crippen LogP contribution in [0.3, 0.4) is 0 Å². The molecule has 20 heavy (non-hydrogen) atoms. The Morgan fingerprint density at radius 1 is 1.05 bits per heavy atom. The van der Waals surface area contributed by atoms with E-state index in [1.807, 2.05) is 48.5 Å². The number of rotatable bonds is 1. The molecule has 0 N–H and O–H groups in total. The SMILES string of the molecule is O=C1Cc2ccccc2/C1=C\c1nc2ccccc2o1. The number of Topliss-reactive ketones (excluding diaryl/α,β-unsaturated/α-hetero) is 1. The van der Waals surface area contributed by atoms with Crippen molar-refractivity contribution in [2.45, 2.75) is 6.42 Å². The predicted molar refractivity (Wildman–Crippen MR) is 77.0 cm³/mol. The molecule has 3 nitrogen and oxygen atoms in total. The number of oxazole rings is 1. The van der Waals surface area contributed by atoms with Gasteiger partial charge < -0.3 is 4.42 Å². The number of ketones is 1. The van der Waals surface area contributed by atoms with Crippen LogP contribution in [-0.2, 0) is 11.2 Å². The lowest BCUT2D eigenvalue weighted by Crippen LogP contribution is -1.93. The molecule has 1 aromatic heterocycles. The second-order valence-electron chi connectivity index (χ2n) is 4.83. The lowest BCUT2D eigenvalue weighted by molar-refractivity contribution is -0.112. The summed E-state index contributed by atoms with van der Waals surface area (Å²) in [6.45, 7) is 0. The molecule has 1 heterocycles. The summed E-state index contributed by atoms with van der Waals surface area (Å²) in [7, 11) is 0. The van der Waals surface area contributed by atoms with Crippen molar-refractivity contribution < 1.29 is 9.21 Å². The molecule has 3 heteroatoms. The molecule has 0 radical (unpaired) electrons. The van der Waals surface area contributed by atoms with Gasteiger partial charge in [0.1, 0.15) is 5.52 Å². The van der Waals surface area contributed by atoms with Gasteiger partial charge in [0.15, 0.2) is 11.4 Å². The molecule has 1 aliphatic carbocycles. The first-order valence-electron chi connectivity index (χ1n) is 6.50. The van der Waals surface area contributed by atoms with Gasteiger partial charge in [-0.3, -0.25) is 4.79 Å². The number of hydrogen-bond donors (Lipinski definition) is 0. The molecule has 0 atom stereocenters. The largest absolute Gasteiger partial charge is 0.437 e. The third-order valence-corrected chi connectivity index (χ3v) is 3.54. The fraction of sp³-hybridized carbons (Fsp3) is 0.0588. The van der Waals surface area contributed by atoms with Crippen molar-refractivity contribution in [1.82, 2.24) is 4.98 Å². The van der Waals surface area contributed by atoms with Gasteiger partial charge >= 0.3 is 0 Å². The Labute approximate surface area is 115 Å². The molecule has 0 aliphatic heterocycles. The van der Waals surface area contributed by atoms with E-state index in [9.17, 15) is 4.79 Å². The van der Waals surface area contributed by atoms with Crippen molar-refractivity contribution in [3.63, 3.8) is 0 Å². The second-order valence-corrected chi connectivity index (χ2v) is 4.83. The summed E-state index contributed by atoms with van der Waals surface area (Å²) in [6.07, 6.45) is 2.20. The van der Waals surface area contributed by atoms with Crippen molar-refractivity contribution in [2.24, 2.45) is 0 Å². The summed E-state index contributed by atoms with van der Waals surface area (Å²) >= 11 is 0. The first-order chi connectivity index (χ1) is 9.81. The normalized spacial score (nSPS) is 16.0. The average molecular weight is 261 g/mol. The van der Waals surface area contributed by atoms with Crippen LogP contribution in [0, 0.1) is 0 Å². The Morgan fingerprint density at radius 2 is 1.85 bits per heavy atom. The molecule has 0 bridgehead atoms. The third-order valence-electron chi connectivity index (χ3n) is 3.54. The molecule has 0 saturated carbocycles. The van der Waals surface area contributed by atoms with E-state index >= 15 is 0 Å². The first-order valence-corrected chi connectivity index (χ1v) is 6.50. The number of carbonyl (C=O) groups is 1. The van der Waals surface area contributed by atoms with Crippen molar-refractivity contribution in [3.05, 3.63) is 65.5 Å². The summed E-state index contributed by atoms with van der Waals surface area (Å²) in [5, 5.41) is 0. The molecule has 0 unspecified atom stereocenters. The van der Waals surface area contributed by atoms with Crippen LogP contribution in [0.25, 0.3) is 22.7 Å². The smallest absolute Gasteiger partial charge is 0.220 e. The molecule has 0 saturated heterocycles. The highest BCUT2D eigenvalue weighted by atomic mass is 16.3. The van der Waals surface area contributed by atoms with Crippen molar-refractivity contribution in [2.75, 3.05) is 0 Å². The van der Waals surface area contributed by atoms with Crippen LogP contribution in [0.15, 0.2) is 52.9 Å². The Bertz CT molecular complexity index is 825. The first kappa shape index (κ1) is 11.2. The predicted octanol–water partition coefficient (Wildman–Crippen LogP) is 3.49. The van der Waals surface area contributed by atoms with Crippen molar-refractivity contribution in [1.29, 1.82) is 0 Å².